The predicted molar refractivity (Wildman–Crippen MR) is 60.0 cm³/mol. The molecule has 0 aliphatic heterocycles. The summed E-state index contributed by atoms with van der Waals surface area (Å²) in [5, 5.41) is 8.92. The van der Waals surface area contributed by atoms with Crippen LogP contribution in [0.1, 0.15) is 26.2 Å². The number of carbonyl (C=O) groups is 1. The Hall–Kier alpha value is -0.610. The molecule has 15 heavy (non-hydrogen) atoms. The van der Waals surface area contributed by atoms with Gasteiger partial charge in [-0.3, -0.25) is 9.69 Å². The topological polar surface area (TPSA) is 43.8 Å². The highest BCUT2D eigenvalue weighted by Crippen LogP contribution is 2.36. The Morgan fingerprint density at radius 3 is 2.20 bits per heavy atom. The van der Waals surface area contributed by atoms with Crippen LogP contribution in [0.15, 0.2) is 0 Å². The number of carboxylic acid groups (broad SMARTS) is 1. The highest BCUT2D eigenvalue weighted by molar-refractivity contribution is 5.72. The first kappa shape index (κ1) is 12.5. The van der Waals surface area contributed by atoms with Crippen molar-refractivity contribution < 1.29 is 9.90 Å². The summed E-state index contributed by atoms with van der Waals surface area (Å²) >= 11 is 0. The average molecular weight is 214 g/mol. The Morgan fingerprint density at radius 1 is 1.40 bits per heavy atom. The van der Waals surface area contributed by atoms with Crippen LogP contribution in [0, 0.1) is 0 Å². The molecule has 1 N–H and O–H groups in total. The third kappa shape index (κ3) is 2.49. The van der Waals surface area contributed by atoms with Gasteiger partial charge in [0.15, 0.2) is 0 Å². The van der Waals surface area contributed by atoms with Crippen LogP contribution in [0.2, 0.25) is 0 Å². The van der Waals surface area contributed by atoms with Gasteiger partial charge in [0.1, 0.15) is 6.04 Å². The standard InChI is InChI=1S/C11H22N2O2/c1-9(10(14)15)13(4)8-11(12(2)3)6-5-7-11/h9H,5-8H2,1-4H3,(H,14,15). The normalized spacial score (nSPS) is 21.5. The highest BCUT2D eigenvalue weighted by Gasteiger charge is 2.40. The molecule has 1 unspecified atom stereocenters. The number of aliphatic carboxylic acids is 1. The Balaban J connectivity index is 2.56. The smallest absolute Gasteiger partial charge is 0.320 e. The molecule has 1 aliphatic rings. The Kier molecular flexibility index (Phi) is 3.73. The van der Waals surface area contributed by atoms with Crippen LogP contribution < -0.4 is 0 Å². The van der Waals surface area contributed by atoms with Gasteiger partial charge < -0.3 is 10.0 Å². The van der Waals surface area contributed by atoms with Gasteiger partial charge in [0, 0.05) is 12.1 Å². The predicted octanol–water partition coefficient (Wildman–Crippen LogP) is 0.876. The van der Waals surface area contributed by atoms with Gasteiger partial charge in [0.25, 0.3) is 0 Å². The average Bonchev–Trinajstić information content (AvgIpc) is 2.08. The first-order valence-electron chi connectivity index (χ1n) is 5.49. The van der Waals surface area contributed by atoms with E-state index < -0.39 is 12.0 Å². The van der Waals surface area contributed by atoms with Crippen molar-refractivity contribution in [3.8, 4) is 0 Å². The molecule has 0 spiro atoms. The van der Waals surface area contributed by atoms with Crippen LogP contribution in [0.3, 0.4) is 0 Å². The van der Waals surface area contributed by atoms with E-state index in [1.54, 1.807) is 6.92 Å². The zero-order valence-corrected chi connectivity index (χ0v) is 10.2. The maximum absolute atomic E-state index is 10.8. The van der Waals surface area contributed by atoms with Crippen LogP contribution >= 0.6 is 0 Å². The molecule has 0 amide bonds. The lowest BCUT2D eigenvalue weighted by Crippen LogP contribution is -2.58. The molecule has 1 atom stereocenters. The summed E-state index contributed by atoms with van der Waals surface area (Å²) in [5.74, 6) is -0.745. The maximum atomic E-state index is 10.8. The van der Waals surface area contributed by atoms with Crippen molar-refractivity contribution >= 4 is 5.97 Å². The van der Waals surface area contributed by atoms with E-state index in [1.807, 2.05) is 11.9 Å². The van der Waals surface area contributed by atoms with Gasteiger partial charge >= 0.3 is 5.97 Å². The largest absolute Gasteiger partial charge is 0.480 e. The Bertz CT molecular complexity index is 237. The second-order valence-electron chi connectivity index (χ2n) is 4.90. The molecule has 4 nitrogen and oxygen atoms in total. The third-order valence-electron chi connectivity index (χ3n) is 3.80. The van der Waals surface area contributed by atoms with E-state index in [1.165, 1.54) is 19.3 Å². The molecule has 0 heterocycles. The minimum atomic E-state index is -0.745. The van der Waals surface area contributed by atoms with E-state index in [-0.39, 0.29) is 5.54 Å². The number of likely N-dealkylation sites (N-methyl/N-ethyl adjacent to an activating group) is 2. The van der Waals surface area contributed by atoms with Crippen molar-refractivity contribution in [2.45, 2.75) is 37.8 Å². The Labute approximate surface area is 91.9 Å². The van der Waals surface area contributed by atoms with Gasteiger partial charge in [-0.25, -0.2) is 0 Å². The second-order valence-corrected chi connectivity index (χ2v) is 4.90. The summed E-state index contributed by atoms with van der Waals surface area (Å²) < 4.78 is 0. The van der Waals surface area contributed by atoms with Gasteiger partial charge in [0.2, 0.25) is 0 Å². The third-order valence-corrected chi connectivity index (χ3v) is 3.80. The molecular weight excluding hydrogens is 192 g/mol. The fourth-order valence-corrected chi connectivity index (χ4v) is 2.12. The van der Waals surface area contributed by atoms with Crippen molar-refractivity contribution in [3.63, 3.8) is 0 Å². The van der Waals surface area contributed by atoms with Crippen molar-refractivity contribution in [2.24, 2.45) is 0 Å². The molecule has 0 aromatic carbocycles. The molecule has 88 valence electrons. The summed E-state index contributed by atoms with van der Waals surface area (Å²) in [7, 11) is 6.05. The van der Waals surface area contributed by atoms with Crippen LogP contribution in [0.4, 0.5) is 0 Å². The quantitative estimate of drug-likeness (QED) is 0.737. The molecule has 1 rings (SSSR count). The van der Waals surface area contributed by atoms with E-state index in [0.717, 1.165) is 6.54 Å². The van der Waals surface area contributed by atoms with Crippen LogP contribution in [0.25, 0.3) is 0 Å². The van der Waals surface area contributed by atoms with Gasteiger partial charge in [-0.1, -0.05) is 0 Å². The van der Waals surface area contributed by atoms with Crippen LogP contribution in [-0.4, -0.2) is 60.1 Å². The second kappa shape index (κ2) is 4.49. The lowest BCUT2D eigenvalue weighted by molar-refractivity contribution is -0.143. The lowest BCUT2D eigenvalue weighted by atomic mass is 9.75. The van der Waals surface area contributed by atoms with E-state index in [0.29, 0.717) is 0 Å². The SMILES string of the molecule is CC(C(=O)O)N(C)CC1(N(C)C)CCC1. The van der Waals surface area contributed by atoms with Gasteiger partial charge in [0.05, 0.1) is 0 Å². The fraction of sp³-hybridized carbons (Fsp3) is 0.909. The molecular formula is C11H22N2O2. The number of nitrogens with zero attached hydrogens (tertiary/aromatic N) is 2. The first-order valence-corrected chi connectivity index (χ1v) is 5.49. The van der Waals surface area contributed by atoms with E-state index in [2.05, 4.69) is 19.0 Å². The summed E-state index contributed by atoms with van der Waals surface area (Å²) in [4.78, 5) is 15.0. The minimum Gasteiger partial charge on any atom is -0.480 e. The van der Waals surface area contributed by atoms with Crippen molar-refractivity contribution in [1.29, 1.82) is 0 Å². The Morgan fingerprint density at radius 2 is 1.93 bits per heavy atom. The van der Waals surface area contributed by atoms with Crippen LogP contribution in [0.5, 0.6) is 0 Å². The zero-order chi connectivity index (χ0) is 11.6. The monoisotopic (exact) mass is 214 g/mol. The molecule has 1 aliphatic carbocycles. The minimum absolute atomic E-state index is 0.207. The summed E-state index contributed by atoms with van der Waals surface area (Å²) in [5.41, 5.74) is 0.207. The molecule has 0 aromatic heterocycles. The summed E-state index contributed by atoms with van der Waals surface area (Å²) in [6, 6.07) is -0.401. The highest BCUT2D eigenvalue weighted by atomic mass is 16.4. The van der Waals surface area contributed by atoms with E-state index in [9.17, 15) is 4.79 Å². The molecule has 0 bridgehead atoms. The van der Waals surface area contributed by atoms with Crippen LogP contribution in [-0.2, 0) is 4.79 Å². The van der Waals surface area contributed by atoms with Crippen molar-refractivity contribution in [3.05, 3.63) is 0 Å². The van der Waals surface area contributed by atoms with E-state index >= 15 is 0 Å². The van der Waals surface area contributed by atoms with E-state index in [4.69, 9.17) is 5.11 Å². The molecule has 0 radical (unpaired) electrons. The molecule has 1 saturated carbocycles. The van der Waals surface area contributed by atoms with Gasteiger partial charge in [-0.05, 0) is 47.3 Å². The number of hydrogen-bond acceptors (Lipinski definition) is 3. The molecule has 4 heteroatoms. The van der Waals surface area contributed by atoms with Gasteiger partial charge in [-0.2, -0.15) is 0 Å². The number of rotatable bonds is 5. The molecule has 1 fully saturated rings. The first-order chi connectivity index (χ1) is 6.89. The zero-order valence-electron chi connectivity index (χ0n) is 10.2. The summed E-state index contributed by atoms with van der Waals surface area (Å²) in [6.45, 7) is 2.58. The van der Waals surface area contributed by atoms with Gasteiger partial charge in [-0.15, -0.1) is 0 Å². The van der Waals surface area contributed by atoms with Crippen molar-refractivity contribution in [2.75, 3.05) is 27.7 Å². The molecule has 0 saturated heterocycles. The number of hydrogen-bond donors (Lipinski definition) is 1. The maximum Gasteiger partial charge on any atom is 0.320 e. The summed E-state index contributed by atoms with van der Waals surface area (Å²) in [6.07, 6.45) is 3.61. The molecule has 0 aromatic rings. The fourth-order valence-electron chi connectivity index (χ4n) is 2.12. The number of carboxylic acids is 1. The van der Waals surface area contributed by atoms with Crippen molar-refractivity contribution in [1.82, 2.24) is 9.80 Å². The lowest BCUT2D eigenvalue weighted by Gasteiger charge is -2.49.